The van der Waals surface area contributed by atoms with Crippen LogP contribution in [0, 0.1) is 19.8 Å². The van der Waals surface area contributed by atoms with E-state index >= 15 is 0 Å². The number of nitrogens with one attached hydrogen (secondary N) is 1. The molecule has 0 aliphatic heterocycles. The van der Waals surface area contributed by atoms with Crippen LogP contribution in [-0.2, 0) is 11.2 Å². The summed E-state index contributed by atoms with van der Waals surface area (Å²) in [5.41, 5.74) is 1.69. The van der Waals surface area contributed by atoms with Crippen molar-refractivity contribution in [2.45, 2.75) is 47.1 Å². The van der Waals surface area contributed by atoms with Crippen molar-refractivity contribution in [3.05, 3.63) is 17.0 Å². The first-order valence-corrected chi connectivity index (χ1v) is 5.63. The van der Waals surface area contributed by atoms with Crippen molar-refractivity contribution in [3.63, 3.8) is 0 Å². The smallest absolute Gasteiger partial charge is 0.224 e. The molecule has 0 aliphatic carbocycles. The molecule has 0 aromatic carbocycles. The molecule has 1 atom stereocenters. The predicted octanol–water partition coefficient (Wildman–Crippen LogP) is 1.99. The second-order valence-corrected chi connectivity index (χ2v) is 4.58. The van der Waals surface area contributed by atoms with E-state index in [9.17, 15) is 4.79 Å². The van der Waals surface area contributed by atoms with Gasteiger partial charge in [0.15, 0.2) is 0 Å². The van der Waals surface area contributed by atoms with E-state index in [2.05, 4.69) is 24.3 Å². The Kier molecular flexibility index (Phi) is 4.10. The molecule has 0 bridgehead atoms. The lowest BCUT2D eigenvalue weighted by molar-refractivity contribution is -0.121. The zero-order valence-corrected chi connectivity index (χ0v) is 10.6. The van der Waals surface area contributed by atoms with E-state index < -0.39 is 0 Å². The zero-order valence-electron chi connectivity index (χ0n) is 10.6. The van der Waals surface area contributed by atoms with Crippen LogP contribution in [0.4, 0.5) is 0 Å². The van der Waals surface area contributed by atoms with Crippen LogP contribution in [0.25, 0.3) is 0 Å². The number of carbonyl (C=O) groups excluding carboxylic acids is 1. The first-order chi connectivity index (χ1) is 7.41. The second kappa shape index (κ2) is 5.14. The van der Waals surface area contributed by atoms with Crippen LogP contribution < -0.4 is 5.32 Å². The fourth-order valence-corrected chi connectivity index (χ4v) is 1.39. The third-order valence-corrected chi connectivity index (χ3v) is 2.91. The van der Waals surface area contributed by atoms with Gasteiger partial charge in [-0.3, -0.25) is 4.79 Å². The van der Waals surface area contributed by atoms with Gasteiger partial charge in [-0.2, -0.15) is 0 Å². The molecule has 90 valence electrons. The molecule has 4 nitrogen and oxygen atoms in total. The number of hydrogen-bond acceptors (Lipinski definition) is 3. The number of aromatic nitrogens is 1. The zero-order chi connectivity index (χ0) is 12.3. The molecule has 0 radical (unpaired) electrons. The van der Waals surface area contributed by atoms with E-state index in [1.807, 2.05) is 20.8 Å². The molecule has 0 saturated carbocycles. The first-order valence-electron chi connectivity index (χ1n) is 5.63. The third kappa shape index (κ3) is 3.08. The number of nitrogens with zero attached hydrogens (tertiary/aromatic N) is 1. The average Bonchev–Trinajstić information content (AvgIpc) is 2.49. The van der Waals surface area contributed by atoms with Gasteiger partial charge in [0.05, 0.1) is 12.1 Å². The summed E-state index contributed by atoms with van der Waals surface area (Å²) >= 11 is 0. The van der Waals surface area contributed by atoms with Crippen molar-refractivity contribution in [3.8, 4) is 0 Å². The Morgan fingerprint density at radius 1 is 1.38 bits per heavy atom. The summed E-state index contributed by atoms with van der Waals surface area (Å²) in [7, 11) is 0. The number of rotatable bonds is 4. The van der Waals surface area contributed by atoms with Gasteiger partial charge in [0.25, 0.3) is 0 Å². The van der Waals surface area contributed by atoms with E-state index in [0.29, 0.717) is 12.3 Å². The highest BCUT2D eigenvalue weighted by Crippen LogP contribution is 2.13. The van der Waals surface area contributed by atoms with E-state index in [1.54, 1.807) is 0 Å². The summed E-state index contributed by atoms with van der Waals surface area (Å²) in [4.78, 5) is 11.7. The van der Waals surface area contributed by atoms with Gasteiger partial charge in [-0.25, -0.2) is 0 Å². The second-order valence-electron chi connectivity index (χ2n) is 4.58. The lowest BCUT2D eigenvalue weighted by Crippen LogP contribution is -2.37. The Hall–Kier alpha value is -1.32. The molecule has 1 rings (SSSR count). The molecule has 1 amide bonds. The van der Waals surface area contributed by atoms with Gasteiger partial charge in [-0.05, 0) is 26.7 Å². The highest BCUT2D eigenvalue weighted by atomic mass is 16.5. The van der Waals surface area contributed by atoms with Crippen molar-refractivity contribution in [2.75, 3.05) is 0 Å². The lowest BCUT2D eigenvalue weighted by atomic mass is 10.1. The molecule has 1 heterocycles. The summed E-state index contributed by atoms with van der Waals surface area (Å²) in [6, 6.07) is 0.188. The van der Waals surface area contributed by atoms with Crippen LogP contribution in [0.3, 0.4) is 0 Å². The van der Waals surface area contributed by atoms with Gasteiger partial charge >= 0.3 is 0 Å². The average molecular weight is 224 g/mol. The topological polar surface area (TPSA) is 55.1 Å². The van der Waals surface area contributed by atoms with Gasteiger partial charge in [0.2, 0.25) is 5.91 Å². The minimum Gasteiger partial charge on any atom is -0.361 e. The normalized spacial score (nSPS) is 12.9. The van der Waals surface area contributed by atoms with Gasteiger partial charge in [0.1, 0.15) is 5.76 Å². The van der Waals surface area contributed by atoms with E-state index in [4.69, 9.17) is 4.52 Å². The molecular weight excluding hydrogens is 204 g/mol. The summed E-state index contributed by atoms with van der Waals surface area (Å²) in [5.74, 6) is 1.19. The Balaban J connectivity index is 2.59. The molecule has 0 fully saturated rings. The lowest BCUT2D eigenvalue weighted by Gasteiger charge is -2.17. The maximum atomic E-state index is 11.7. The molecule has 1 N–H and O–H groups in total. The first kappa shape index (κ1) is 12.7. The molecule has 16 heavy (non-hydrogen) atoms. The molecule has 0 unspecified atom stereocenters. The van der Waals surface area contributed by atoms with Crippen molar-refractivity contribution in [1.29, 1.82) is 0 Å². The molecule has 0 spiro atoms. The van der Waals surface area contributed by atoms with Crippen LogP contribution in [0.15, 0.2) is 4.52 Å². The monoisotopic (exact) mass is 224 g/mol. The predicted molar refractivity (Wildman–Crippen MR) is 62.1 cm³/mol. The molecule has 0 aliphatic rings. The number of hydrogen-bond donors (Lipinski definition) is 1. The summed E-state index contributed by atoms with van der Waals surface area (Å²) < 4.78 is 5.02. The molecule has 4 heteroatoms. The summed E-state index contributed by atoms with van der Waals surface area (Å²) in [6.45, 7) is 9.86. The van der Waals surface area contributed by atoms with Gasteiger partial charge in [0, 0.05) is 11.6 Å². The number of carbonyl (C=O) groups is 1. The number of aryl methyl sites for hydroxylation is 2. The maximum absolute atomic E-state index is 11.7. The van der Waals surface area contributed by atoms with Gasteiger partial charge in [-0.15, -0.1) is 0 Å². The van der Waals surface area contributed by atoms with Crippen LogP contribution >= 0.6 is 0 Å². The van der Waals surface area contributed by atoms with Gasteiger partial charge < -0.3 is 9.84 Å². The van der Waals surface area contributed by atoms with E-state index in [0.717, 1.165) is 17.0 Å². The molecule has 0 saturated heterocycles. The van der Waals surface area contributed by atoms with Crippen molar-refractivity contribution >= 4 is 5.91 Å². The minimum atomic E-state index is 0.0237. The molecular formula is C12H20N2O2. The molecule has 1 aromatic heterocycles. The van der Waals surface area contributed by atoms with Crippen LogP contribution in [0.1, 0.15) is 37.8 Å². The summed E-state index contributed by atoms with van der Waals surface area (Å²) in [6.07, 6.45) is 0.345. The fraction of sp³-hybridized carbons (Fsp3) is 0.667. The quantitative estimate of drug-likeness (QED) is 0.851. The van der Waals surface area contributed by atoms with Gasteiger partial charge in [-0.1, -0.05) is 19.0 Å². The maximum Gasteiger partial charge on any atom is 0.224 e. The largest absolute Gasteiger partial charge is 0.361 e. The highest BCUT2D eigenvalue weighted by Gasteiger charge is 2.15. The summed E-state index contributed by atoms with van der Waals surface area (Å²) in [5, 5.41) is 6.79. The van der Waals surface area contributed by atoms with E-state index in [1.165, 1.54) is 0 Å². The Labute approximate surface area is 96.4 Å². The van der Waals surface area contributed by atoms with Crippen LogP contribution in [0.5, 0.6) is 0 Å². The third-order valence-electron chi connectivity index (χ3n) is 2.91. The number of amides is 1. The Morgan fingerprint density at radius 2 is 2.00 bits per heavy atom. The van der Waals surface area contributed by atoms with Crippen molar-refractivity contribution in [1.82, 2.24) is 10.5 Å². The van der Waals surface area contributed by atoms with Crippen LogP contribution in [-0.4, -0.2) is 17.1 Å². The van der Waals surface area contributed by atoms with Crippen LogP contribution in [0.2, 0.25) is 0 Å². The highest BCUT2D eigenvalue weighted by molar-refractivity contribution is 5.79. The van der Waals surface area contributed by atoms with Crippen molar-refractivity contribution < 1.29 is 9.32 Å². The van der Waals surface area contributed by atoms with E-state index in [-0.39, 0.29) is 11.9 Å². The molecule has 1 aromatic rings. The minimum absolute atomic E-state index is 0.0237. The Bertz CT molecular complexity index is 350. The Morgan fingerprint density at radius 3 is 2.44 bits per heavy atom. The standard InChI is InChI=1S/C12H20N2O2/c1-7(2)8(3)13-12(15)6-11-9(4)14-16-10(11)5/h7-8H,6H2,1-5H3,(H,13,15)/t8-/m1/s1. The fourth-order valence-electron chi connectivity index (χ4n) is 1.39. The SMILES string of the molecule is Cc1noc(C)c1CC(=O)N[C@H](C)C(C)C. The van der Waals surface area contributed by atoms with Crippen molar-refractivity contribution in [2.24, 2.45) is 5.92 Å².